The molecular formula is C32H38FN3O4S. The van der Waals surface area contributed by atoms with Gasteiger partial charge in [-0.15, -0.1) is 4.72 Å². The van der Waals surface area contributed by atoms with Crippen LogP contribution in [0.2, 0.25) is 0 Å². The topological polar surface area (TPSA) is 88.4 Å². The van der Waals surface area contributed by atoms with Gasteiger partial charge in [0.2, 0.25) is 0 Å². The smallest absolute Gasteiger partial charge is 0.310 e. The second kappa shape index (κ2) is 13.1. The van der Waals surface area contributed by atoms with Crippen LogP contribution in [-0.2, 0) is 40.5 Å². The minimum absolute atomic E-state index is 0.0742. The van der Waals surface area contributed by atoms with Crippen LogP contribution in [0.4, 0.5) is 4.39 Å². The van der Waals surface area contributed by atoms with E-state index in [1.807, 2.05) is 32.9 Å². The molecule has 0 bridgehead atoms. The Hall–Kier alpha value is -3.40. The molecule has 41 heavy (non-hydrogen) atoms. The summed E-state index contributed by atoms with van der Waals surface area (Å²) in [5, 5.41) is 1.09. The third-order valence-electron chi connectivity index (χ3n) is 6.58. The highest BCUT2D eigenvalue weighted by Gasteiger charge is 2.26. The van der Waals surface area contributed by atoms with Gasteiger partial charge in [-0.05, 0) is 107 Å². The zero-order valence-corrected chi connectivity index (χ0v) is 25.3. The van der Waals surface area contributed by atoms with E-state index in [1.54, 1.807) is 19.2 Å². The summed E-state index contributed by atoms with van der Waals surface area (Å²) in [6, 6.07) is 14.7. The fraction of sp³-hybridized carbons (Fsp3) is 0.375. The number of rotatable bonds is 11. The second-order valence-electron chi connectivity index (χ2n) is 11.2. The van der Waals surface area contributed by atoms with E-state index in [0.717, 1.165) is 33.3 Å². The van der Waals surface area contributed by atoms with E-state index in [0.29, 0.717) is 17.9 Å². The highest BCUT2D eigenvalue weighted by atomic mass is 32.2. The number of carbonyl (C=O) groups excluding carboxylic acids is 1. The number of aromatic nitrogens is 2. The van der Waals surface area contributed by atoms with Crippen molar-refractivity contribution in [2.45, 2.75) is 71.9 Å². The first kappa shape index (κ1) is 30.6. The van der Waals surface area contributed by atoms with E-state index < -0.39 is 23.1 Å². The lowest BCUT2D eigenvalue weighted by molar-refractivity contribution is -0.142. The lowest BCUT2D eigenvalue weighted by Crippen LogP contribution is -2.39. The maximum Gasteiger partial charge on any atom is 0.310 e. The lowest BCUT2D eigenvalue weighted by Gasteiger charge is -2.23. The zero-order chi connectivity index (χ0) is 29.7. The molecule has 2 heterocycles. The predicted molar refractivity (Wildman–Crippen MR) is 161 cm³/mol. The second-order valence-corrected chi connectivity index (χ2v) is 13.2. The monoisotopic (exact) mass is 579 g/mol. The van der Waals surface area contributed by atoms with Crippen molar-refractivity contribution in [2.75, 3.05) is 6.61 Å². The Morgan fingerprint density at radius 3 is 2.63 bits per heavy atom. The van der Waals surface area contributed by atoms with Crippen molar-refractivity contribution >= 4 is 28.2 Å². The normalized spacial score (nSPS) is 12.6. The van der Waals surface area contributed by atoms with Crippen LogP contribution in [0.1, 0.15) is 64.4 Å². The number of carbonyl (C=O) groups is 1. The Morgan fingerprint density at radius 1 is 1.15 bits per heavy atom. The molecule has 0 radical (unpaired) electrons. The molecular weight excluding hydrogens is 541 g/mol. The van der Waals surface area contributed by atoms with Crippen LogP contribution in [-0.4, -0.2) is 31.4 Å². The van der Waals surface area contributed by atoms with Crippen molar-refractivity contribution in [1.82, 2.24) is 14.3 Å². The molecule has 2 aromatic heterocycles. The third-order valence-corrected chi connectivity index (χ3v) is 8.10. The maximum atomic E-state index is 14.0. The van der Waals surface area contributed by atoms with E-state index >= 15 is 0 Å². The molecule has 0 aliphatic heterocycles. The van der Waals surface area contributed by atoms with Gasteiger partial charge in [0.25, 0.3) is 0 Å². The van der Waals surface area contributed by atoms with Crippen molar-refractivity contribution in [3.8, 4) is 16.9 Å². The molecule has 9 heteroatoms. The van der Waals surface area contributed by atoms with Crippen molar-refractivity contribution < 1.29 is 23.2 Å². The summed E-state index contributed by atoms with van der Waals surface area (Å²) < 4.78 is 42.6. The summed E-state index contributed by atoms with van der Waals surface area (Å²) in [5.74, 6) is -0.440. The highest BCUT2D eigenvalue weighted by Crippen LogP contribution is 2.33. The number of fused-ring (bicyclic) bond motifs is 1. The minimum atomic E-state index is -1.21. The Morgan fingerprint density at radius 2 is 1.93 bits per heavy atom. The molecule has 4 aromatic rings. The number of nitrogens with one attached hydrogen (secondary N) is 1. The van der Waals surface area contributed by atoms with Crippen molar-refractivity contribution in [3.05, 3.63) is 83.6 Å². The van der Waals surface area contributed by atoms with Crippen molar-refractivity contribution in [2.24, 2.45) is 0 Å². The SMILES string of the molecule is CCOC(=O)Cc1cc(F)ccc1OCc1cc(-c2ccnc(CN[S@+]([O-])C(C)(C)C)c2)c2ccn(C(C)C)c2c1. The molecule has 2 aromatic carbocycles. The van der Waals surface area contributed by atoms with Gasteiger partial charge in [0.1, 0.15) is 22.9 Å². The molecule has 4 rings (SSSR count). The van der Waals surface area contributed by atoms with Gasteiger partial charge in [0.05, 0.1) is 25.3 Å². The van der Waals surface area contributed by atoms with E-state index in [-0.39, 0.29) is 30.4 Å². The summed E-state index contributed by atoms with van der Waals surface area (Å²) in [4.78, 5) is 16.6. The molecule has 1 atom stereocenters. The Labute approximate surface area is 244 Å². The molecule has 1 N–H and O–H groups in total. The van der Waals surface area contributed by atoms with Crippen molar-refractivity contribution in [1.29, 1.82) is 0 Å². The number of nitrogens with zero attached hydrogens (tertiary/aromatic N) is 2. The highest BCUT2D eigenvalue weighted by molar-refractivity contribution is 7.90. The van der Waals surface area contributed by atoms with Crippen LogP contribution in [0.25, 0.3) is 22.0 Å². The van der Waals surface area contributed by atoms with Crippen molar-refractivity contribution in [3.63, 3.8) is 0 Å². The predicted octanol–water partition coefficient (Wildman–Crippen LogP) is 6.66. The van der Waals surface area contributed by atoms with Gasteiger partial charge in [-0.25, -0.2) is 4.39 Å². The third kappa shape index (κ3) is 7.67. The fourth-order valence-corrected chi connectivity index (χ4v) is 5.26. The Bertz CT molecular complexity index is 1510. The number of hydrogen-bond donors (Lipinski definition) is 1. The molecule has 0 amide bonds. The van der Waals surface area contributed by atoms with Gasteiger partial charge >= 0.3 is 5.97 Å². The van der Waals surface area contributed by atoms with Gasteiger partial charge in [0.15, 0.2) is 0 Å². The van der Waals surface area contributed by atoms with Crippen LogP contribution in [0.3, 0.4) is 0 Å². The molecule has 0 saturated heterocycles. The Balaban J connectivity index is 1.67. The average molecular weight is 580 g/mol. The summed E-state index contributed by atoms with van der Waals surface area (Å²) >= 11 is -1.21. The molecule has 0 fully saturated rings. The molecule has 0 spiro atoms. The number of esters is 1. The van der Waals surface area contributed by atoms with Gasteiger partial charge in [-0.1, -0.05) is 0 Å². The molecule has 7 nitrogen and oxygen atoms in total. The minimum Gasteiger partial charge on any atom is -0.598 e. The fourth-order valence-electron chi connectivity index (χ4n) is 4.55. The first-order valence-corrected chi connectivity index (χ1v) is 14.9. The van der Waals surface area contributed by atoms with Gasteiger partial charge in [-0.3, -0.25) is 9.78 Å². The number of hydrogen-bond acceptors (Lipinski definition) is 6. The molecule has 0 saturated carbocycles. The summed E-state index contributed by atoms with van der Waals surface area (Å²) in [6.07, 6.45) is 3.77. The number of pyridine rings is 1. The van der Waals surface area contributed by atoms with Crippen LogP contribution >= 0.6 is 0 Å². The van der Waals surface area contributed by atoms with E-state index in [9.17, 15) is 13.7 Å². The number of halogens is 1. The van der Waals surface area contributed by atoms with E-state index in [2.05, 4.69) is 52.5 Å². The lowest BCUT2D eigenvalue weighted by atomic mass is 9.99. The van der Waals surface area contributed by atoms with E-state index in [1.165, 1.54) is 12.1 Å². The molecule has 0 unspecified atom stereocenters. The standard InChI is InChI=1S/C32H38FN3O4S/c1-7-39-31(37)18-24-16-25(33)8-9-30(24)40-20-22-14-28(27-11-13-36(21(2)3)29(27)15-22)23-10-12-34-26(17-23)19-35-41(38)32(4,5)6/h8-17,21,35H,7,18-20H2,1-6H3/t41-/m1/s1. The van der Waals surface area contributed by atoms with Crippen LogP contribution in [0.5, 0.6) is 5.75 Å². The van der Waals surface area contributed by atoms with Crippen LogP contribution < -0.4 is 9.46 Å². The number of benzene rings is 2. The van der Waals surface area contributed by atoms with Gasteiger partial charge < -0.3 is 18.6 Å². The summed E-state index contributed by atoms with van der Waals surface area (Å²) in [7, 11) is 0. The van der Waals surface area contributed by atoms with E-state index in [4.69, 9.17) is 9.47 Å². The van der Waals surface area contributed by atoms with Gasteiger partial charge in [-0.2, -0.15) is 0 Å². The first-order chi connectivity index (χ1) is 19.5. The summed E-state index contributed by atoms with van der Waals surface area (Å²) in [6.45, 7) is 12.6. The molecule has 218 valence electrons. The molecule has 0 aliphatic carbocycles. The Kier molecular flexibility index (Phi) is 9.73. The maximum absolute atomic E-state index is 14.0. The van der Waals surface area contributed by atoms with Gasteiger partial charge in [0, 0.05) is 46.3 Å². The number of ether oxygens (including phenoxy) is 2. The van der Waals surface area contributed by atoms with Crippen LogP contribution in [0.15, 0.2) is 60.9 Å². The quantitative estimate of drug-likeness (QED) is 0.158. The average Bonchev–Trinajstić information content (AvgIpc) is 3.35. The zero-order valence-electron chi connectivity index (χ0n) is 24.5. The molecule has 0 aliphatic rings. The first-order valence-electron chi connectivity index (χ1n) is 13.8. The van der Waals surface area contributed by atoms with Crippen LogP contribution in [0, 0.1) is 5.82 Å². The summed E-state index contributed by atoms with van der Waals surface area (Å²) in [5.41, 5.74) is 5.21. The largest absolute Gasteiger partial charge is 0.598 e.